The average Bonchev–Trinajstić information content (AvgIpc) is 2.25. The van der Waals surface area contributed by atoms with E-state index in [4.69, 9.17) is 0 Å². The summed E-state index contributed by atoms with van der Waals surface area (Å²) < 4.78 is 0. The molecule has 0 bridgehead atoms. The van der Waals surface area contributed by atoms with E-state index in [0.29, 0.717) is 5.92 Å². The first kappa shape index (κ1) is 15.0. The minimum absolute atomic E-state index is 0.110. The molecule has 102 valence electrons. The molecule has 1 atom stereocenters. The summed E-state index contributed by atoms with van der Waals surface area (Å²) in [4.78, 5) is 0. The Balaban J connectivity index is 3.01. The molecule has 0 aromatic heterocycles. The summed E-state index contributed by atoms with van der Waals surface area (Å²) in [6.45, 7) is 13.2. The fourth-order valence-corrected chi connectivity index (χ4v) is 1.87. The monoisotopic (exact) mass is 249 g/mol. The maximum atomic E-state index is 9.42. The quantitative estimate of drug-likeness (QED) is 0.852. The molecule has 1 aromatic carbocycles. The second kappa shape index (κ2) is 5.75. The summed E-state index contributed by atoms with van der Waals surface area (Å²) in [6, 6.07) is 6.65. The molecule has 1 rings (SSSR count). The van der Waals surface area contributed by atoms with E-state index in [2.05, 4.69) is 65.1 Å². The maximum absolute atomic E-state index is 9.42. The van der Waals surface area contributed by atoms with Gasteiger partial charge in [0.15, 0.2) is 0 Å². The number of hydrogen-bond acceptors (Lipinski definition) is 2. The summed E-state index contributed by atoms with van der Waals surface area (Å²) in [5, 5.41) is 12.9. The van der Waals surface area contributed by atoms with E-state index in [1.54, 1.807) is 0 Å². The van der Waals surface area contributed by atoms with E-state index >= 15 is 0 Å². The molecular weight excluding hydrogens is 222 g/mol. The van der Waals surface area contributed by atoms with Gasteiger partial charge >= 0.3 is 0 Å². The SMILES string of the molecule is Cc1ccc(C(C)(C)C)cc1NC(CO)C(C)C. The number of nitrogens with one attached hydrogen (secondary N) is 1. The first-order valence-corrected chi connectivity index (χ1v) is 6.74. The minimum Gasteiger partial charge on any atom is -0.394 e. The van der Waals surface area contributed by atoms with Gasteiger partial charge in [0, 0.05) is 5.69 Å². The van der Waals surface area contributed by atoms with Gasteiger partial charge in [0.05, 0.1) is 12.6 Å². The number of aliphatic hydroxyl groups is 1. The first-order chi connectivity index (χ1) is 8.25. The van der Waals surface area contributed by atoms with Gasteiger partial charge in [0.25, 0.3) is 0 Å². The van der Waals surface area contributed by atoms with Gasteiger partial charge in [-0.1, -0.05) is 46.8 Å². The molecule has 0 spiro atoms. The van der Waals surface area contributed by atoms with Crippen molar-refractivity contribution < 1.29 is 5.11 Å². The zero-order chi connectivity index (χ0) is 13.9. The molecule has 1 unspecified atom stereocenters. The highest BCUT2D eigenvalue weighted by Gasteiger charge is 2.17. The van der Waals surface area contributed by atoms with Crippen LogP contribution in [-0.4, -0.2) is 17.8 Å². The van der Waals surface area contributed by atoms with Crippen molar-refractivity contribution in [1.29, 1.82) is 0 Å². The van der Waals surface area contributed by atoms with Gasteiger partial charge in [0.1, 0.15) is 0 Å². The van der Waals surface area contributed by atoms with Crippen molar-refractivity contribution in [2.45, 2.75) is 53.0 Å². The molecule has 0 saturated heterocycles. The summed E-state index contributed by atoms with van der Waals surface area (Å²) in [7, 11) is 0. The Morgan fingerprint density at radius 2 is 1.83 bits per heavy atom. The third-order valence-corrected chi connectivity index (χ3v) is 3.45. The van der Waals surface area contributed by atoms with Crippen LogP contribution in [0.15, 0.2) is 18.2 Å². The molecule has 0 radical (unpaired) electrons. The van der Waals surface area contributed by atoms with Crippen LogP contribution in [0.2, 0.25) is 0 Å². The molecule has 18 heavy (non-hydrogen) atoms. The third-order valence-electron chi connectivity index (χ3n) is 3.45. The van der Waals surface area contributed by atoms with Crippen LogP contribution in [0.25, 0.3) is 0 Å². The lowest BCUT2D eigenvalue weighted by atomic mass is 9.86. The summed E-state index contributed by atoms with van der Waals surface area (Å²) in [6.07, 6.45) is 0. The Kier molecular flexibility index (Phi) is 4.80. The van der Waals surface area contributed by atoms with Crippen molar-refractivity contribution in [1.82, 2.24) is 0 Å². The average molecular weight is 249 g/mol. The summed E-state index contributed by atoms with van der Waals surface area (Å²) in [5.74, 6) is 0.410. The van der Waals surface area contributed by atoms with Crippen LogP contribution in [0.4, 0.5) is 5.69 Å². The highest BCUT2D eigenvalue weighted by Crippen LogP contribution is 2.27. The Labute approximate surface area is 111 Å². The highest BCUT2D eigenvalue weighted by molar-refractivity contribution is 5.54. The Hall–Kier alpha value is -1.02. The maximum Gasteiger partial charge on any atom is 0.0635 e. The van der Waals surface area contributed by atoms with Gasteiger partial charge in [-0.3, -0.25) is 0 Å². The van der Waals surface area contributed by atoms with E-state index in [1.807, 2.05) is 0 Å². The first-order valence-electron chi connectivity index (χ1n) is 6.74. The summed E-state index contributed by atoms with van der Waals surface area (Å²) in [5.41, 5.74) is 3.82. The lowest BCUT2D eigenvalue weighted by molar-refractivity contribution is 0.249. The van der Waals surface area contributed by atoms with Gasteiger partial charge in [-0.05, 0) is 35.4 Å². The topological polar surface area (TPSA) is 32.3 Å². The zero-order valence-electron chi connectivity index (χ0n) is 12.5. The number of anilines is 1. The molecule has 0 saturated carbocycles. The van der Waals surface area contributed by atoms with Crippen LogP contribution in [-0.2, 0) is 5.41 Å². The number of aliphatic hydroxyl groups excluding tert-OH is 1. The van der Waals surface area contributed by atoms with Crippen molar-refractivity contribution in [3.63, 3.8) is 0 Å². The van der Waals surface area contributed by atoms with E-state index in [-0.39, 0.29) is 18.1 Å². The molecule has 0 amide bonds. The van der Waals surface area contributed by atoms with E-state index in [0.717, 1.165) is 5.69 Å². The van der Waals surface area contributed by atoms with Crippen molar-refractivity contribution >= 4 is 5.69 Å². The van der Waals surface area contributed by atoms with Crippen LogP contribution < -0.4 is 5.32 Å². The van der Waals surface area contributed by atoms with Crippen LogP contribution >= 0.6 is 0 Å². The van der Waals surface area contributed by atoms with Crippen LogP contribution in [0.1, 0.15) is 45.7 Å². The largest absolute Gasteiger partial charge is 0.394 e. The Bertz CT molecular complexity index is 391. The molecule has 2 nitrogen and oxygen atoms in total. The lowest BCUT2D eigenvalue weighted by Gasteiger charge is -2.25. The number of benzene rings is 1. The number of rotatable bonds is 4. The van der Waals surface area contributed by atoms with Crippen molar-refractivity contribution in [3.8, 4) is 0 Å². The highest BCUT2D eigenvalue weighted by atomic mass is 16.3. The van der Waals surface area contributed by atoms with Crippen LogP contribution in [0.5, 0.6) is 0 Å². The Morgan fingerprint density at radius 3 is 2.28 bits per heavy atom. The number of hydrogen-bond donors (Lipinski definition) is 2. The Morgan fingerprint density at radius 1 is 1.22 bits per heavy atom. The van der Waals surface area contributed by atoms with Crippen molar-refractivity contribution in [2.75, 3.05) is 11.9 Å². The molecule has 0 aliphatic carbocycles. The molecule has 2 N–H and O–H groups in total. The molecule has 0 heterocycles. The van der Waals surface area contributed by atoms with E-state index in [9.17, 15) is 5.11 Å². The molecule has 0 aliphatic heterocycles. The molecule has 2 heteroatoms. The van der Waals surface area contributed by atoms with E-state index in [1.165, 1.54) is 11.1 Å². The standard InChI is InChI=1S/C16H27NO/c1-11(2)15(10-18)17-14-9-13(16(4,5)6)8-7-12(14)3/h7-9,11,15,17-18H,10H2,1-6H3. The van der Waals surface area contributed by atoms with Crippen molar-refractivity contribution in [3.05, 3.63) is 29.3 Å². The van der Waals surface area contributed by atoms with Crippen molar-refractivity contribution in [2.24, 2.45) is 5.92 Å². The molecule has 1 aromatic rings. The fraction of sp³-hybridized carbons (Fsp3) is 0.625. The lowest BCUT2D eigenvalue weighted by Crippen LogP contribution is -2.30. The summed E-state index contributed by atoms with van der Waals surface area (Å²) >= 11 is 0. The molecule has 0 aliphatic rings. The molecular formula is C16H27NO. The normalized spacial score (nSPS) is 13.8. The zero-order valence-corrected chi connectivity index (χ0v) is 12.5. The predicted molar refractivity (Wildman–Crippen MR) is 79.2 cm³/mol. The third kappa shape index (κ3) is 3.74. The second-order valence-electron chi connectivity index (χ2n) is 6.46. The van der Waals surface area contributed by atoms with Crippen LogP contribution in [0.3, 0.4) is 0 Å². The smallest absolute Gasteiger partial charge is 0.0635 e. The number of aryl methyl sites for hydroxylation is 1. The minimum atomic E-state index is 0.110. The predicted octanol–water partition coefficient (Wildman–Crippen LogP) is 3.72. The molecule has 0 fully saturated rings. The van der Waals surface area contributed by atoms with E-state index < -0.39 is 0 Å². The van der Waals surface area contributed by atoms with Crippen LogP contribution in [0, 0.1) is 12.8 Å². The second-order valence-corrected chi connectivity index (χ2v) is 6.46. The van der Waals surface area contributed by atoms with Gasteiger partial charge < -0.3 is 10.4 Å². The van der Waals surface area contributed by atoms with Gasteiger partial charge in [0.2, 0.25) is 0 Å². The van der Waals surface area contributed by atoms with Gasteiger partial charge in [-0.15, -0.1) is 0 Å². The fourth-order valence-electron chi connectivity index (χ4n) is 1.87. The van der Waals surface area contributed by atoms with Gasteiger partial charge in [-0.25, -0.2) is 0 Å². The van der Waals surface area contributed by atoms with Gasteiger partial charge in [-0.2, -0.15) is 0 Å².